The van der Waals surface area contributed by atoms with Crippen molar-refractivity contribution in [2.45, 2.75) is 19.8 Å². The summed E-state index contributed by atoms with van der Waals surface area (Å²) in [5.41, 5.74) is 0.224. The molecule has 0 aliphatic carbocycles. The molecule has 1 atom stereocenters. The fourth-order valence-corrected chi connectivity index (χ4v) is 3.49. The van der Waals surface area contributed by atoms with E-state index < -0.39 is 11.7 Å². The summed E-state index contributed by atoms with van der Waals surface area (Å²) < 4.78 is 13.9. The molecule has 0 unspecified atom stereocenters. The summed E-state index contributed by atoms with van der Waals surface area (Å²) in [7, 11) is 0. The average molecular weight is 347 g/mol. The van der Waals surface area contributed by atoms with Crippen molar-refractivity contribution in [2.24, 2.45) is 5.92 Å². The number of hydrogen-bond donors (Lipinski definition) is 0. The zero-order valence-electron chi connectivity index (χ0n) is 14.3. The Labute approximate surface area is 146 Å². The van der Waals surface area contributed by atoms with Crippen LogP contribution in [0.4, 0.5) is 10.1 Å². The van der Waals surface area contributed by atoms with Gasteiger partial charge < -0.3 is 14.7 Å². The molecule has 2 aliphatic heterocycles. The van der Waals surface area contributed by atoms with Gasteiger partial charge in [-0.1, -0.05) is 12.1 Å². The average Bonchev–Trinajstić information content (AvgIpc) is 2.81. The summed E-state index contributed by atoms with van der Waals surface area (Å²) >= 11 is 0. The Kier molecular flexibility index (Phi) is 5.01. The molecule has 3 rings (SSSR count). The van der Waals surface area contributed by atoms with E-state index in [0.29, 0.717) is 26.2 Å². The van der Waals surface area contributed by atoms with Gasteiger partial charge in [-0.05, 0) is 18.6 Å². The summed E-state index contributed by atoms with van der Waals surface area (Å²) in [4.78, 5) is 41.4. The molecule has 3 amide bonds. The van der Waals surface area contributed by atoms with Gasteiger partial charge in [0.05, 0.1) is 11.6 Å². The van der Waals surface area contributed by atoms with Crippen molar-refractivity contribution in [3.63, 3.8) is 0 Å². The van der Waals surface area contributed by atoms with Gasteiger partial charge in [0.15, 0.2) is 0 Å². The molecule has 134 valence electrons. The summed E-state index contributed by atoms with van der Waals surface area (Å²) in [6, 6.07) is 6.10. The molecular weight excluding hydrogens is 325 g/mol. The van der Waals surface area contributed by atoms with Crippen molar-refractivity contribution in [3.05, 3.63) is 30.1 Å². The number of carbonyl (C=O) groups is 3. The predicted molar refractivity (Wildman–Crippen MR) is 90.3 cm³/mol. The van der Waals surface area contributed by atoms with E-state index in [1.807, 2.05) is 0 Å². The Hall–Kier alpha value is -2.44. The second-order valence-electron chi connectivity index (χ2n) is 6.54. The third kappa shape index (κ3) is 3.65. The highest BCUT2D eigenvalue weighted by molar-refractivity contribution is 6.00. The van der Waals surface area contributed by atoms with Gasteiger partial charge in [-0.3, -0.25) is 14.4 Å². The maximum Gasteiger partial charge on any atom is 0.228 e. The van der Waals surface area contributed by atoms with Crippen LogP contribution in [0.5, 0.6) is 0 Å². The van der Waals surface area contributed by atoms with E-state index in [1.165, 1.54) is 17.9 Å². The molecule has 2 saturated heterocycles. The number of benzene rings is 1. The van der Waals surface area contributed by atoms with Crippen LogP contribution in [-0.4, -0.2) is 60.2 Å². The Morgan fingerprint density at radius 2 is 1.76 bits per heavy atom. The van der Waals surface area contributed by atoms with Gasteiger partial charge in [0.1, 0.15) is 5.82 Å². The van der Waals surface area contributed by atoms with E-state index in [-0.39, 0.29) is 36.4 Å². The summed E-state index contributed by atoms with van der Waals surface area (Å²) in [6.07, 6.45) is 0.823. The van der Waals surface area contributed by atoms with E-state index in [2.05, 4.69) is 0 Å². The molecule has 1 aromatic carbocycles. The normalized spacial score (nSPS) is 21.4. The molecular formula is C18H22FN3O3. The summed E-state index contributed by atoms with van der Waals surface area (Å²) in [5, 5.41) is 0. The van der Waals surface area contributed by atoms with Gasteiger partial charge in [0.2, 0.25) is 17.7 Å². The Morgan fingerprint density at radius 3 is 2.48 bits per heavy atom. The zero-order valence-corrected chi connectivity index (χ0v) is 14.3. The van der Waals surface area contributed by atoms with E-state index in [4.69, 9.17) is 0 Å². The molecule has 25 heavy (non-hydrogen) atoms. The standard InChI is InChI=1S/C18H22FN3O3/c1-13(23)20-7-4-8-21(10-9-20)18(25)14-11-17(24)22(12-14)16-6-3-2-5-15(16)19/h2-3,5-6,14H,4,7-12H2,1H3/t14-/m1/s1. The lowest BCUT2D eigenvalue weighted by Gasteiger charge is -2.24. The lowest BCUT2D eigenvalue weighted by molar-refractivity contribution is -0.136. The van der Waals surface area contributed by atoms with Crippen LogP contribution in [0.1, 0.15) is 19.8 Å². The zero-order chi connectivity index (χ0) is 18.0. The minimum absolute atomic E-state index is 0.0103. The van der Waals surface area contributed by atoms with Crippen LogP contribution in [-0.2, 0) is 14.4 Å². The van der Waals surface area contributed by atoms with E-state index in [0.717, 1.165) is 6.42 Å². The third-order valence-electron chi connectivity index (χ3n) is 4.87. The fourth-order valence-electron chi connectivity index (χ4n) is 3.49. The quantitative estimate of drug-likeness (QED) is 0.809. The first-order valence-corrected chi connectivity index (χ1v) is 8.56. The van der Waals surface area contributed by atoms with Crippen LogP contribution in [0, 0.1) is 11.7 Å². The molecule has 1 aromatic rings. The van der Waals surface area contributed by atoms with Crippen LogP contribution in [0.15, 0.2) is 24.3 Å². The number of carbonyl (C=O) groups excluding carboxylic acids is 3. The van der Waals surface area contributed by atoms with E-state index in [9.17, 15) is 18.8 Å². The number of amides is 3. The molecule has 6 nitrogen and oxygen atoms in total. The van der Waals surface area contributed by atoms with Gasteiger partial charge in [0.25, 0.3) is 0 Å². The van der Waals surface area contributed by atoms with Gasteiger partial charge in [-0.15, -0.1) is 0 Å². The third-order valence-corrected chi connectivity index (χ3v) is 4.87. The number of para-hydroxylation sites is 1. The van der Waals surface area contributed by atoms with Crippen LogP contribution in [0.3, 0.4) is 0 Å². The first-order valence-electron chi connectivity index (χ1n) is 8.56. The van der Waals surface area contributed by atoms with Gasteiger partial charge in [0, 0.05) is 46.1 Å². The molecule has 2 fully saturated rings. The maximum atomic E-state index is 13.9. The Bertz CT molecular complexity index is 694. The topological polar surface area (TPSA) is 60.9 Å². The molecule has 2 aliphatic rings. The van der Waals surface area contributed by atoms with Gasteiger partial charge in [-0.2, -0.15) is 0 Å². The lowest BCUT2D eigenvalue weighted by atomic mass is 10.1. The highest BCUT2D eigenvalue weighted by atomic mass is 19.1. The monoisotopic (exact) mass is 347 g/mol. The molecule has 0 N–H and O–H groups in total. The number of hydrogen-bond acceptors (Lipinski definition) is 3. The molecule has 0 aromatic heterocycles. The first-order chi connectivity index (χ1) is 12.0. The Morgan fingerprint density at radius 1 is 1.08 bits per heavy atom. The number of halogens is 1. The van der Waals surface area contributed by atoms with Crippen molar-refractivity contribution in [1.82, 2.24) is 9.80 Å². The minimum Gasteiger partial charge on any atom is -0.341 e. The second kappa shape index (κ2) is 7.21. The van der Waals surface area contributed by atoms with Gasteiger partial charge >= 0.3 is 0 Å². The number of anilines is 1. The van der Waals surface area contributed by atoms with Crippen LogP contribution >= 0.6 is 0 Å². The van der Waals surface area contributed by atoms with Crippen LogP contribution in [0.25, 0.3) is 0 Å². The second-order valence-corrected chi connectivity index (χ2v) is 6.54. The van der Waals surface area contributed by atoms with Crippen molar-refractivity contribution < 1.29 is 18.8 Å². The Balaban J connectivity index is 1.67. The summed E-state index contributed by atoms with van der Waals surface area (Å²) in [5.74, 6) is -1.23. The minimum atomic E-state index is -0.462. The smallest absolute Gasteiger partial charge is 0.228 e. The molecule has 0 saturated carbocycles. The van der Waals surface area contributed by atoms with E-state index >= 15 is 0 Å². The van der Waals surface area contributed by atoms with Crippen molar-refractivity contribution >= 4 is 23.4 Å². The lowest BCUT2D eigenvalue weighted by Crippen LogP contribution is -2.40. The number of nitrogens with zero attached hydrogens (tertiary/aromatic N) is 3. The van der Waals surface area contributed by atoms with Crippen molar-refractivity contribution in [2.75, 3.05) is 37.6 Å². The molecule has 2 heterocycles. The predicted octanol–water partition coefficient (Wildman–Crippen LogP) is 1.26. The van der Waals surface area contributed by atoms with Crippen LogP contribution < -0.4 is 4.90 Å². The highest BCUT2D eigenvalue weighted by Gasteiger charge is 2.38. The van der Waals surface area contributed by atoms with Crippen molar-refractivity contribution in [3.8, 4) is 0 Å². The number of rotatable bonds is 2. The fraction of sp³-hybridized carbons (Fsp3) is 0.500. The molecule has 0 bridgehead atoms. The van der Waals surface area contributed by atoms with Gasteiger partial charge in [-0.25, -0.2) is 4.39 Å². The van der Waals surface area contributed by atoms with Crippen molar-refractivity contribution in [1.29, 1.82) is 0 Å². The maximum absolute atomic E-state index is 13.9. The highest BCUT2D eigenvalue weighted by Crippen LogP contribution is 2.28. The van der Waals surface area contributed by atoms with E-state index in [1.54, 1.807) is 28.0 Å². The molecule has 7 heteroatoms. The largest absolute Gasteiger partial charge is 0.341 e. The molecule has 0 spiro atoms. The van der Waals surface area contributed by atoms with Crippen LogP contribution in [0.2, 0.25) is 0 Å². The first kappa shape index (κ1) is 17.4. The molecule has 0 radical (unpaired) electrons. The summed E-state index contributed by atoms with van der Waals surface area (Å²) in [6.45, 7) is 3.93. The SMILES string of the molecule is CC(=O)N1CCCN(C(=O)[C@@H]2CC(=O)N(c3ccccc3F)C2)CC1.